The number of carbonyl (C=O) groups excluding carboxylic acids is 1. The van der Waals surface area contributed by atoms with Gasteiger partial charge < -0.3 is 19.9 Å². The summed E-state index contributed by atoms with van der Waals surface area (Å²) >= 11 is 0. The van der Waals surface area contributed by atoms with E-state index >= 15 is 0 Å². The van der Waals surface area contributed by atoms with Gasteiger partial charge in [0.2, 0.25) is 5.91 Å². The van der Waals surface area contributed by atoms with Crippen LogP contribution in [0.2, 0.25) is 0 Å². The Bertz CT molecular complexity index is 286. The lowest BCUT2D eigenvalue weighted by molar-refractivity contribution is -0.148. The number of nitrogens with one attached hydrogen (secondary N) is 1. The van der Waals surface area contributed by atoms with Crippen molar-refractivity contribution >= 4 is 11.9 Å². The van der Waals surface area contributed by atoms with Crippen molar-refractivity contribution in [3.8, 4) is 0 Å². The van der Waals surface area contributed by atoms with Gasteiger partial charge in [0.05, 0.1) is 6.61 Å². The molecule has 18 heavy (non-hydrogen) atoms. The van der Waals surface area contributed by atoms with Crippen molar-refractivity contribution in [2.75, 3.05) is 26.4 Å². The van der Waals surface area contributed by atoms with Gasteiger partial charge in [-0.2, -0.15) is 0 Å². The lowest BCUT2D eigenvalue weighted by Gasteiger charge is -2.23. The van der Waals surface area contributed by atoms with Gasteiger partial charge in [-0.15, -0.1) is 0 Å². The SMILES string of the molecule is CCCCCOCC(=O)NC1(C(=O)O)CCOC1. The minimum absolute atomic E-state index is 0.0178. The number of carbonyl (C=O) groups is 2. The third-order valence-electron chi connectivity index (χ3n) is 2.94. The maximum Gasteiger partial charge on any atom is 0.331 e. The summed E-state index contributed by atoms with van der Waals surface area (Å²) in [6.07, 6.45) is 3.37. The van der Waals surface area contributed by atoms with Crippen LogP contribution >= 0.6 is 0 Å². The van der Waals surface area contributed by atoms with E-state index in [1.54, 1.807) is 0 Å². The van der Waals surface area contributed by atoms with E-state index in [1.807, 2.05) is 0 Å². The van der Waals surface area contributed by atoms with E-state index in [1.165, 1.54) is 0 Å². The summed E-state index contributed by atoms with van der Waals surface area (Å²) in [7, 11) is 0. The van der Waals surface area contributed by atoms with Gasteiger partial charge in [-0.1, -0.05) is 19.8 Å². The van der Waals surface area contributed by atoms with Crippen molar-refractivity contribution in [3.63, 3.8) is 0 Å². The summed E-state index contributed by atoms with van der Waals surface area (Å²) in [4.78, 5) is 22.7. The molecule has 0 aromatic carbocycles. The maximum absolute atomic E-state index is 11.6. The van der Waals surface area contributed by atoms with Gasteiger partial charge >= 0.3 is 5.97 Å². The van der Waals surface area contributed by atoms with E-state index in [9.17, 15) is 9.59 Å². The monoisotopic (exact) mass is 259 g/mol. The second-order valence-electron chi connectivity index (χ2n) is 4.50. The van der Waals surface area contributed by atoms with Crippen molar-refractivity contribution in [3.05, 3.63) is 0 Å². The van der Waals surface area contributed by atoms with Gasteiger partial charge in [-0.3, -0.25) is 4.79 Å². The molecule has 0 spiro atoms. The zero-order chi connectivity index (χ0) is 13.4. The molecule has 6 heteroatoms. The van der Waals surface area contributed by atoms with E-state index in [4.69, 9.17) is 14.6 Å². The van der Waals surface area contributed by atoms with Gasteiger partial charge in [-0.25, -0.2) is 4.79 Å². The highest BCUT2D eigenvalue weighted by atomic mass is 16.5. The van der Waals surface area contributed by atoms with Gasteiger partial charge in [0.15, 0.2) is 5.54 Å². The van der Waals surface area contributed by atoms with Crippen LogP contribution in [0, 0.1) is 0 Å². The summed E-state index contributed by atoms with van der Waals surface area (Å²) in [5, 5.41) is 11.6. The van der Waals surface area contributed by atoms with Crippen molar-refractivity contribution in [2.45, 2.75) is 38.1 Å². The van der Waals surface area contributed by atoms with Crippen molar-refractivity contribution < 1.29 is 24.2 Å². The number of rotatable bonds is 8. The molecule has 1 heterocycles. The van der Waals surface area contributed by atoms with Crippen LogP contribution in [-0.4, -0.2) is 48.9 Å². The number of carboxylic acids is 1. The van der Waals surface area contributed by atoms with Crippen LogP contribution in [0.4, 0.5) is 0 Å². The summed E-state index contributed by atoms with van der Waals surface area (Å²) < 4.78 is 10.2. The minimum atomic E-state index is -1.27. The number of hydrogen-bond acceptors (Lipinski definition) is 4. The average Bonchev–Trinajstić information content (AvgIpc) is 2.78. The van der Waals surface area contributed by atoms with E-state index in [0.717, 1.165) is 19.3 Å². The Kier molecular flexibility index (Phi) is 6.07. The van der Waals surface area contributed by atoms with E-state index in [-0.39, 0.29) is 13.2 Å². The fraction of sp³-hybridized carbons (Fsp3) is 0.833. The second kappa shape index (κ2) is 7.33. The Morgan fingerprint density at radius 3 is 2.78 bits per heavy atom. The van der Waals surface area contributed by atoms with Crippen molar-refractivity contribution in [1.82, 2.24) is 5.32 Å². The van der Waals surface area contributed by atoms with Crippen LogP contribution in [0.15, 0.2) is 0 Å². The molecule has 1 aliphatic rings. The average molecular weight is 259 g/mol. The number of ether oxygens (including phenoxy) is 2. The molecule has 6 nitrogen and oxygen atoms in total. The standard InChI is InChI=1S/C12H21NO5/c1-2-3-4-6-17-8-10(14)13-12(11(15)16)5-7-18-9-12/h2-9H2,1H3,(H,13,14)(H,15,16). The molecule has 0 aromatic rings. The maximum atomic E-state index is 11.6. The zero-order valence-electron chi connectivity index (χ0n) is 10.7. The topological polar surface area (TPSA) is 84.9 Å². The molecule has 0 aliphatic carbocycles. The highest BCUT2D eigenvalue weighted by molar-refractivity contribution is 5.87. The van der Waals surface area contributed by atoms with Crippen LogP contribution in [0.3, 0.4) is 0 Å². The normalized spacial score (nSPS) is 22.9. The van der Waals surface area contributed by atoms with Crippen molar-refractivity contribution in [2.24, 2.45) is 0 Å². The first kappa shape index (κ1) is 14.9. The molecule has 1 unspecified atom stereocenters. The zero-order valence-corrected chi connectivity index (χ0v) is 10.7. The summed E-state index contributed by atoms with van der Waals surface area (Å²) in [5.41, 5.74) is -1.27. The predicted molar refractivity (Wildman–Crippen MR) is 64.3 cm³/mol. The third-order valence-corrected chi connectivity index (χ3v) is 2.94. The lowest BCUT2D eigenvalue weighted by Crippen LogP contribution is -2.56. The molecular weight excluding hydrogens is 238 g/mol. The Morgan fingerprint density at radius 2 is 2.22 bits per heavy atom. The fourth-order valence-corrected chi connectivity index (χ4v) is 1.81. The summed E-state index contributed by atoms with van der Waals surface area (Å²) in [6.45, 7) is 2.88. The molecule has 1 fully saturated rings. The fourth-order valence-electron chi connectivity index (χ4n) is 1.81. The first-order chi connectivity index (χ1) is 8.60. The van der Waals surface area contributed by atoms with Crippen LogP contribution in [0.1, 0.15) is 32.6 Å². The number of amides is 1. The minimum Gasteiger partial charge on any atom is -0.479 e. The molecule has 1 rings (SSSR count). The van der Waals surface area contributed by atoms with Crippen LogP contribution in [0.5, 0.6) is 0 Å². The number of unbranched alkanes of at least 4 members (excludes halogenated alkanes) is 2. The molecule has 1 aliphatic heterocycles. The highest BCUT2D eigenvalue weighted by Crippen LogP contribution is 2.18. The Labute approximate surface area is 107 Å². The molecule has 0 bridgehead atoms. The Morgan fingerprint density at radius 1 is 1.44 bits per heavy atom. The lowest BCUT2D eigenvalue weighted by atomic mass is 9.99. The molecule has 2 N–H and O–H groups in total. The molecule has 0 saturated carbocycles. The van der Waals surface area contributed by atoms with E-state index in [0.29, 0.717) is 19.6 Å². The molecule has 1 amide bonds. The van der Waals surface area contributed by atoms with Gasteiger partial charge in [0.25, 0.3) is 0 Å². The highest BCUT2D eigenvalue weighted by Gasteiger charge is 2.43. The quantitative estimate of drug-likeness (QED) is 0.622. The van der Waals surface area contributed by atoms with Crippen LogP contribution < -0.4 is 5.32 Å². The van der Waals surface area contributed by atoms with Gasteiger partial charge in [0.1, 0.15) is 6.61 Å². The summed E-state index contributed by atoms with van der Waals surface area (Å²) in [6, 6.07) is 0. The molecule has 104 valence electrons. The molecule has 0 aromatic heterocycles. The molecule has 1 saturated heterocycles. The molecule has 0 radical (unpaired) electrons. The number of hydrogen-bond donors (Lipinski definition) is 2. The number of aliphatic carboxylic acids is 1. The van der Waals surface area contributed by atoms with Crippen molar-refractivity contribution in [1.29, 1.82) is 0 Å². The van der Waals surface area contributed by atoms with Gasteiger partial charge in [0, 0.05) is 19.6 Å². The largest absolute Gasteiger partial charge is 0.479 e. The molecular formula is C12H21NO5. The Balaban J connectivity index is 2.27. The van der Waals surface area contributed by atoms with E-state index in [2.05, 4.69) is 12.2 Å². The van der Waals surface area contributed by atoms with Crippen LogP contribution in [-0.2, 0) is 19.1 Å². The third kappa shape index (κ3) is 4.27. The van der Waals surface area contributed by atoms with E-state index < -0.39 is 17.4 Å². The summed E-state index contributed by atoms with van der Waals surface area (Å²) in [5.74, 6) is -1.46. The predicted octanol–water partition coefficient (Wildman–Crippen LogP) is 0.553. The smallest absolute Gasteiger partial charge is 0.331 e. The van der Waals surface area contributed by atoms with Gasteiger partial charge in [-0.05, 0) is 6.42 Å². The van der Waals surface area contributed by atoms with Crippen LogP contribution in [0.25, 0.3) is 0 Å². The number of carboxylic acid groups (broad SMARTS) is 1. The first-order valence-corrected chi connectivity index (χ1v) is 6.30. The first-order valence-electron chi connectivity index (χ1n) is 6.30. The molecule has 1 atom stereocenters. The second-order valence-corrected chi connectivity index (χ2v) is 4.50. The Hall–Kier alpha value is -1.14.